The number of aldehydes is 1. The van der Waals surface area contributed by atoms with Crippen molar-refractivity contribution in [1.82, 2.24) is 0 Å². The van der Waals surface area contributed by atoms with Crippen LogP contribution in [0.1, 0.15) is 20.3 Å². The van der Waals surface area contributed by atoms with Crippen molar-refractivity contribution in [2.24, 2.45) is 5.92 Å². The van der Waals surface area contributed by atoms with Crippen molar-refractivity contribution in [3.63, 3.8) is 0 Å². The first-order chi connectivity index (χ1) is 4.18. The lowest BCUT2D eigenvalue weighted by molar-refractivity contribution is -0.214. The second-order valence-electron chi connectivity index (χ2n) is 1.98. The Kier molecular flexibility index (Phi) is 13.4. The largest absolute Gasteiger partial charge is 0.303 e. The minimum atomic E-state index is 0.530. The molecule has 0 heterocycles. The molecule has 0 aromatic heterocycles. The molecule has 0 aliphatic carbocycles. The Morgan fingerprint density at radius 3 is 2.00 bits per heavy atom. The van der Waals surface area contributed by atoms with Crippen LogP contribution in [0.2, 0.25) is 0 Å². The molecule has 0 bridgehead atoms. The van der Waals surface area contributed by atoms with E-state index in [1.807, 2.05) is 13.8 Å². The van der Waals surface area contributed by atoms with E-state index in [0.717, 1.165) is 6.29 Å². The molecule has 0 aromatic rings. The number of carbonyl (C=O) groups is 1. The third-order valence-corrected chi connectivity index (χ3v) is 0.568. The van der Waals surface area contributed by atoms with E-state index in [1.165, 1.54) is 7.11 Å². The van der Waals surface area contributed by atoms with Crippen molar-refractivity contribution in [3.8, 4) is 0 Å². The highest BCUT2D eigenvalue weighted by Crippen LogP contribution is 1.92. The fraction of sp³-hybridized carbons (Fsp3) is 0.833. The predicted octanol–water partition coefficient (Wildman–Crippen LogP) is 1.34. The Balaban J connectivity index is 0. The second kappa shape index (κ2) is 10.5. The quantitative estimate of drug-likeness (QED) is 0.352. The van der Waals surface area contributed by atoms with Crippen LogP contribution < -0.4 is 0 Å². The summed E-state index contributed by atoms with van der Waals surface area (Å²) in [6, 6.07) is 0. The summed E-state index contributed by atoms with van der Waals surface area (Å²) in [4.78, 5) is 12.9. The Labute approximate surface area is 55.6 Å². The molecule has 0 atom stereocenters. The summed E-state index contributed by atoms with van der Waals surface area (Å²) >= 11 is 0. The van der Waals surface area contributed by atoms with Crippen molar-refractivity contribution in [1.29, 1.82) is 0 Å². The lowest BCUT2D eigenvalue weighted by atomic mass is 10.2. The van der Waals surface area contributed by atoms with Gasteiger partial charge in [-0.3, -0.25) is 5.26 Å². The van der Waals surface area contributed by atoms with Gasteiger partial charge in [0.05, 0.1) is 7.11 Å². The maximum Gasteiger partial charge on any atom is 0.120 e. The van der Waals surface area contributed by atoms with Crippen LogP contribution in [0.15, 0.2) is 0 Å². The molecule has 1 N–H and O–H groups in total. The third-order valence-electron chi connectivity index (χ3n) is 0.568. The zero-order valence-corrected chi connectivity index (χ0v) is 6.13. The van der Waals surface area contributed by atoms with E-state index in [1.54, 1.807) is 0 Å². The Hall–Kier alpha value is -0.410. The fourth-order valence-electron chi connectivity index (χ4n) is 0.192. The summed E-state index contributed by atoms with van der Waals surface area (Å²) in [6.07, 6.45) is 1.64. The molecule has 0 fully saturated rings. The van der Waals surface area contributed by atoms with Crippen LogP contribution in [0.4, 0.5) is 0 Å². The molecular weight excluding hydrogens is 120 g/mol. The average Bonchev–Trinajstić information content (AvgIpc) is 1.67. The van der Waals surface area contributed by atoms with Gasteiger partial charge in [0.25, 0.3) is 0 Å². The van der Waals surface area contributed by atoms with Crippen molar-refractivity contribution >= 4 is 6.29 Å². The van der Waals surface area contributed by atoms with Crippen molar-refractivity contribution in [3.05, 3.63) is 0 Å². The summed E-state index contributed by atoms with van der Waals surface area (Å²) in [5.74, 6) is 0.530. The predicted molar refractivity (Wildman–Crippen MR) is 35.2 cm³/mol. The second-order valence-corrected chi connectivity index (χ2v) is 1.98. The first-order valence-electron chi connectivity index (χ1n) is 2.80. The normalized spacial score (nSPS) is 8.11. The molecule has 0 aliphatic heterocycles. The molecule has 0 amide bonds. The summed E-state index contributed by atoms with van der Waals surface area (Å²) in [7, 11) is 1.18. The van der Waals surface area contributed by atoms with Gasteiger partial charge in [-0.2, -0.15) is 0 Å². The first-order valence-corrected chi connectivity index (χ1v) is 2.80. The van der Waals surface area contributed by atoms with Gasteiger partial charge in [0, 0.05) is 6.42 Å². The maximum atomic E-state index is 9.62. The first kappa shape index (κ1) is 11.4. The lowest BCUT2D eigenvalue weighted by Crippen LogP contribution is -1.84. The van der Waals surface area contributed by atoms with Gasteiger partial charge in [0.2, 0.25) is 0 Å². The molecule has 0 aliphatic rings. The maximum absolute atomic E-state index is 9.62. The van der Waals surface area contributed by atoms with E-state index in [2.05, 4.69) is 4.89 Å². The molecule has 0 spiro atoms. The van der Waals surface area contributed by atoms with E-state index < -0.39 is 0 Å². The van der Waals surface area contributed by atoms with Crippen LogP contribution >= 0.6 is 0 Å². The van der Waals surface area contributed by atoms with Crippen LogP contribution in [-0.2, 0) is 9.68 Å². The van der Waals surface area contributed by atoms with Crippen LogP contribution in [0, 0.1) is 5.92 Å². The van der Waals surface area contributed by atoms with Crippen molar-refractivity contribution < 1.29 is 14.9 Å². The molecule has 0 saturated carbocycles. The molecule has 9 heavy (non-hydrogen) atoms. The SMILES string of the molecule is CC(C)CC=O.COO. The molecule has 56 valence electrons. The van der Waals surface area contributed by atoms with Crippen LogP contribution in [0.5, 0.6) is 0 Å². The van der Waals surface area contributed by atoms with Crippen LogP contribution in [-0.4, -0.2) is 18.7 Å². The van der Waals surface area contributed by atoms with Crippen LogP contribution in [0.3, 0.4) is 0 Å². The molecule has 0 saturated heterocycles. The van der Waals surface area contributed by atoms with Gasteiger partial charge < -0.3 is 4.79 Å². The van der Waals surface area contributed by atoms with Gasteiger partial charge in [-0.15, -0.1) is 0 Å². The number of rotatable bonds is 2. The molecule has 0 radical (unpaired) electrons. The highest BCUT2D eigenvalue weighted by Gasteiger charge is 1.85. The smallest absolute Gasteiger partial charge is 0.120 e. The molecule has 0 rings (SSSR count). The molecule has 3 nitrogen and oxygen atoms in total. The van der Waals surface area contributed by atoms with E-state index in [-0.39, 0.29) is 0 Å². The minimum Gasteiger partial charge on any atom is -0.303 e. The van der Waals surface area contributed by atoms with E-state index in [9.17, 15) is 4.79 Å². The Morgan fingerprint density at radius 2 is 2.00 bits per heavy atom. The zero-order chi connectivity index (χ0) is 7.70. The van der Waals surface area contributed by atoms with Gasteiger partial charge >= 0.3 is 0 Å². The van der Waals surface area contributed by atoms with Gasteiger partial charge in [-0.1, -0.05) is 13.8 Å². The van der Waals surface area contributed by atoms with E-state index >= 15 is 0 Å². The zero-order valence-electron chi connectivity index (χ0n) is 6.13. The topological polar surface area (TPSA) is 46.5 Å². The van der Waals surface area contributed by atoms with Crippen molar-refractivity contribution in [2.75, 3.05) is 7.11 Å². The molecular formula is C6H14O3. The lowest BCUT2D eigenvalue weighted by Gasteiger charge is -1.89. The summed E-state index contributed by atoms with van der Waals surface area (Å²) in [5.41, 5.74) is 0. The van der Waals surface area contributed by atoms with Gasteiger partial charge in [-0.05, 0) is 5.92 Å². The summed E-state index contributed by atoms with van der Waals surface area (Å²) < 4.78 is 0. The Bertz CT molecular complexity index is 52.3. The van der Waals surface area contributed by atoms with E-state index in [4.69, 9.17) is 5.26 Å². The average molecular weight is 134 g/mol. The molecule has 0 unspecified atom stereocenters. The van der Waals surface area contributed by atoms with Crippen molar-refractivity contribution in [2.45, 2.75) is 20.3 Å². The third kappa shape index (κ3) is 35.4. The highest BCUT2D eigenvalue weighted by molar-refractivity contribution is 5.49. The standard InChI is InChI=1S/C5H10O.CH4O2/c1-5(2)3-4-6;1-3-2/h4-5H,3H2,1-2H3;2H,1H3. The van der Waals surface area contributed by atoms with Gasteiger partial charge in [0.15, 0.2) is 0 Å². The van der Waals surface area contributed by atoms with Crippen LogP contribution in [0.25, 0.3) is 0 Å². The number of hydrogen-bond donors (Lipinski definition) is 1. The Morgan fingerprint density at radius 1 is 1.67 bits per heavy atom. The fourth-order valence-corrected chi connectivity index (χ4v) is 0.192. The summed E-state index contributed by atoms with van der Waals surface area (Å²) in [5, 5.41) is 7.07. The monoisotopic (exact) mass is 134 g/mol. The summed E-state index contributed by atoms with van der Waals surface area (Å²) in [6.45, 7) is 4.04. The highest BCUT2D eigenvalue weighted by atomic mass is 17.1. The molecule has 3 heteroatoms. The number of carbonyl (C=O) groups excluding carboxylic acids is 1. The number of hydrogen-bond acceptors (Lipinski definition) is 3. The van der Waals surface area contributed by atoms with Gasteiger partial charge in [0.1, 0.15) is 6.29 Å². The molecule has 0 aromatic carbocycles. The van der Waals surface area contributed by atoms with E-state index in [0.29, 0.717) is 12.3 Å². The minimum absolute atomic E-state index is 0.530. The van der Waals surface area contributed by atoms with Gasteiger partial charge in [-0.25, -0.2) is 4.89 Å².